The molecule has 1 aromatic heterocycles. The molecule has 0 aliphatic heterocycles. The highest BCUT2D eigenvalue weighted by molar-refractivity contribution is 6.19. The average molecular weight is 498 g/mol. The fourth-order valence-corrected chi connectivity index (χ4v) is 4.89. The van der Waals surface area contributed by atoms with Crippen molar-refractivity contribution in [2.24, 2.45) is 0 Å². The van der Waals surface area contributed by atoms with Gasteiger partial charge in [0, 0.05) is 23.1 Å². The quantitative estimate of drug-likeness (QED) is 0.186. The predicted molar refractivity (Wildman–Crippen MR) is 153 cm³/mol. The lowest BCUT2D eigenvalue weighted by Crippen LogP contribution is -2.27. The van der Waals surface area contributed by atoms with Gasteiger partial charge in [-0.25, -0.2) is 0 Å². The fourth-order valence-electron chi connectivity index (χ4n) is 4.89. The number of nitrogens with zero attached hydrogens (tertiary/aromatic N) is 1. The van der Waals surface area contributed by atoms with Crippen LogP contribution in [0.2, 0.25) is 0 Å². The Morgan fingerprint density at radius 3 is 2.24 bits per heavy atom. The van der Waals surface area contributed by atoms with Crippen molar-refractivity contribution in [1.29, 1.82) is 0 Å². The molecule has 0 bridgehead atoms. The number of fused-ring (bicyclic) bond motifs is 1. The van der Waals surface area contributed by atoms with Gasteiger partial charge in [-0.3, -0.25) is 4.79 Å². The molecule has 0 saturated carbocycles. The van der Waals surface area contributed by atoms with Crippen LogP contribution in [0.3, 0.4) is 0 Å². The Balaban J connectivity index is 1.71. The summed E-state index contributed by atoms with van der Waals surface area (Å²) in [6.45, 7) is 14.1. The molecule has 1 heterocycles. The summed E-state index contributed by atoms with van der Waals surface area (Å²) in [5, 5.41) is 0.882. The first-order valence-corrected chi connectivity index (χ1v) is 13.6. The number of aryl methyl sites for hydroxylation is 3. The fraction of sp³-hybridized carbons (Fsp3) is 0.364. The summed E-state index contributed by atoms with van der Waals surface area (Å²) in [4.78, 5) is 16.3. The SMILES string of the molecule is CCCCc1ccc2oc(-c3ccc(OCCN(CC)CC)cc3)c(C(=O)c3cc(C)cc(C)c3)c2c1. The van der Waals surface area contributed by atoms with E-state index in [-0.39, 0.29) is 5.78 Å². The zero-order chi connectivity index (χ0) is 26.4. The van der Waals surface area contributed by atoms with Gasteiger partial charge >= 0.3 is 0 Å². The van der Waals surface area contributed by atoms with Crippen LogP contribution in [-0.4, -0.2) is 36.9 Å². The van der Waals surface area contributed by atoms with E-state index in [1.165, 1.54) is 5.56 Å². The largest absolute Gasteiger partial charge is 0.492 e. The molecular formula is C33H39NO3. The molecule has 0 aliphatic rings. The van der Waals surface area contributed by atoms with Crippen molar-refractivity contribution in [3.8, 4) is 17.1 Å². The molecule has 0 unspecified atom stereocenters. The summed E-state index contributed by atoms with van der Waals surface area (Å²) in [7, 11) is 0. The van der Waals surface area contributed by atoms with Crippen LogP contribution in [-0.2, 0) is 6.42 Å². The summed E-state index contributed by atoms with van der Waals surface area (Å²) in [5.74, 6) is 1.42. The Morgan fingerprint density at radius 2 is 1.59 bits per heavy atom. The third-order valence-electron chi connectivity index (χ3n) is 6.97. The number of unbranched alkanes of at least 4 members (excludes halogenated alkanes) is 1. The van der Waals surface area contributed by atoms with E-state index in [9.17, 15) is 4.79 Å². The van der Waals surface area contributed by atoms with E-state index in [0.29, 0.717) is 23.5 Å². The van der Waals surface area contributed by atoms with Crippen molar-refractivity contribution < 1.29 is 13.9 Å². The molecule has 0 fully saturated rings. The molecule has 4 rings (SSSR count). The van der Waals surface area contributed by atoms with E-state index in [2.05, 4.69) is 43.9 Å². The van der Waals surface area contributed by atoms with Crippen LogP contribution in [0.25, 0.3) is 22.3 Å². The van der Waals surface area contributed by atoms with E-state index in [1.807, 2.05) is 56.3 Å². The van der Waals surface area contributed by atoms with Gasteiger partial charge in [0.1, 0.15) is 23.7 Å². The van der Waals surface area contributed by atoms with E-state index < -0.39 is 0 Å². The number of benzene rings is 3. The number of ether oxygens (including phenoxy) is 1. The van der Waals surface area contributed by atoms with Crippen LogP contribution < -0.4 is 4.74 Å². The van der Waals surface area contributed by atoms with Gasteiger partial charge < -0.3 is 14.1 Å². The molecule has 0 N–H and O–H groups in total. The topological polar surface area (TPSA) is 42.7 Å². The van der Waals surface area contributed by atoms with Crippen LogP contribution >= 0.6 is 0 Å². The highest BCUT2D eigenvalue weighted by atomic mass is 16.5. The van der Waals surface area contributed by atoms with Crippen LogP contribution in [0, 0.1) is 13.8 Å². The first-order valence-electron chi connectivity index (χ1n) is 13.6. The van der Waals surface area contributed by atoms with Crippen molar-refractivity contribution in [1.82, 2.24) is 4.90 Å². The van der Waals surface area contributed by atoms with Crippen molar-refractivity contribution in [2.45, 2.75) is 53.9 Å². The Bertz CT molecular complexity index is 1330. The zero-order valence-corrected chi connectivity index (χ0v) is 22.9. The molecule has 0 amide bonds. The Morgan fingerprint density at radius 1 is 0.892 bits per heavy atom. The molecule has 0 aliphatic carbocycles. The summed E-state index contributed by atoms with van der Waals surface area (Å²) in [5.41, 5.74) is 6.32. The van der Waals surface area contributed by atoms with Crippen molar-refractivity contribution >= 4 is 16.8 Å². The maximum Gasteiger partial charge on any atom is 0.197 e. The van der Waals surface area contributed by atoms with Gasteiger partial charge in [-0.05, 0) is 93.9 Å². The molecule has 4 nitrogen and oxygen atoms in total. The van der Waals surface area contributed by atoms with Gasteiger partial charge in [0.2, 0.25) is 0 Å². The van der Waals surface area contributed by atoms with Crippen molar-refractivity contribution in [3.05, 3.63) is 88.5 Å². The minimum Gasteiger partial charge on any atom is -0.492 e. The van der Waals surface area contributed by atoms with Gasteiger partial charge in [0.25, 0.3) is 0 Å². The van der Waals surface area contributed by atoms with Gasteiger partial charge in [-0.1, -0.05) is 50.5 Å². The normalized spacial score (nSPS) is 11.4. The number of furan rings is 1. The minimum absolute atomic E-state index is 0.00672. The maximum atomic E-state index is 14.0. The van der Waals surface area contributed by atoms with Gasteiger partial charge in [-0.15, -0.1) is 0 Å². The van der Waals surface area contributed by atoms with Crippen LogP contribution in [0.4, 0.5) is 0 Å². The Hall–Kier alpha value is -3.37. The van der Waals surface area contributed by atoms with Gasteiger partial charge in [0.05, 0.1) is 5.56 Å². The van der Waals surface area contributed by atoms with Crippen molar-refractivity contribution in [2.75, 3.05) is 26.2 Å². The number of hydrogen-bond donors (Lipinski definition) is 0. The summed E-state index contributed by atoms with van der Waals surface area (Å²) < 4.78 is 12.3. The van der Waals surface area contributed by atoms with E-state index >= 15 is 0 Å². The molecule has 4 aromatic rings. The smallest absolute Gasteiger partial charge is 0.197 e. The molecular weight excluding hydrogens is 458 g/mol. The number of hydrogen-bond acceptors (Lipinski definition) is 4. The second kappa shape index (κ2) is 12.2. The lowest BCUT2D eigenvalue weighted by Gasteiger charge is -2.18. The minimum atomic E-state index is -0.00672. The van der Waals surface area contributed by atoms with Crippen LogP contribution in [0.5, 0.6) is 5.75 Å². The Kier molecular flexibility index (Phi) is 8.83. The third-order valence-corrected chi connectivity index (χ3v) is 6.97. The van der Waals surface area contributed by atoms with Gasteiger partial charge in [0.15, 0.2) is 5.78 Å². The van der Waals surface area contributed by atoms with Crippen molar-refractivity contribution in [3.63, 3.8) is 0 Å². The summed E-state index contributed by atoms with van der Waals surface area (Å²) >= 11 is 0. The first kappa shape index (κ1) is 26.7. The molecule has 0 spiro atoms. The van der Waals surface area contributed by atoms with E-state index in [4.69, 9.17) is 9.15 Å². The average Bonchev–Trinajstić information content (AvgIpc) is 3.28. The molecule has 37 heavy (non-hydrogen) atoms. The Labute approximate surface area is 221 Å². The second-order valence-corrected chi connectivity index (χ2v) is 9.85. The molecule has 0 atom stereocenters. The van der Waals surface area contributed by atoms with Crippen LogP contribution in [0.15, 0.2) is 65.1 Å². The molecule has 0 radical (unpaired) electrons. The monoisotopic (exact) mass is 497 g/mol. The van der Waals surface area contributed by atoms with E-state index in [1.54, 1.807) is 0 Å². The lowest BCUT2D eigenvalue weighted by atomic mass is 9.94. The highest BCUT2D eigenvalue weighted by Crippen LogP contribution is 2.37. The van der Waals surface area contributed by atoms with E-state index in [0.717, 1.165) is 72.3 Å². The molecule has 3 aromatic carbocycles. The third kappa shape index (κ3) is 6.31. The highest BCUT2D eigenvalue weighted by Gasteiger charge is 2.24. The standard InChI is InChI=1S/C33H39NO3/c1-6-9-10-25-11-16-30-29(22-25)31(32(35)27-20-23(4)19-24(5)21-27)33(37-30)26-12-14-28(15-13-26)36-18-17-34(7-2)8-3/h11-16,19-22H,6-10,17-18H2,1-5H3. The number of likely N-dealkylation sites (N-methyl/N-ethyl adjacent to an activating group) is 1. The maximum absolute atomic E-state index is 14.0. The number of rotatable bonds is 12. The number of ketones is 1. The molecule has 194 valence electrons. The summed E-state index contributed by atoms with van der Waals surface area (Å²) in [6, 6.07) is 20.2. The predicted octanol–water partition coefficient (Wildman–Crippen LogP) is 8.01. The summed E-state index contributed by atoms with van der Waals surface area (Å²) in [6.07, 6.45) is 3.24. The second-order valence-electron chi connectivity index (χ2n) is 9.85. The molecule has 0 saturated heterocycles. The number of carbonyl (C=O) groups excluding carboxylic acids is 1. The first-order chi connectivity index (χ1) is 17.9. The number of carbonyl (C=O) groups is 1. The molecule has 4 heteroatoms. The lowest BCUT2D eigenvalue weighted by molar-refractivity contribution is 0.104. The van der Waals surface area contributed by atoms with Gasteiger partial charge in [-0.2, -0.15) is 0 Å². The zero-order valence-electron chi connectivity index (χ0n) is 22.9. The van der Waals surface area contributed by atoms with Crippen LogP contribution in [0.1, 0.15) is 66.2 Å².